The van der Waals surface area contributed by atoms with Crippen LogP contribution in [0.5, 0.6) is 0 Å². The molecule has 0 aromatic heterocycles. The van der Waals surface area contributed by atoms with Crippen LogP contribution in [0.3, 0.4) is 0 Å². The van der Waals surface area contributed by atoms with Crippen molar-refractivity contribution in [3.05, 3.63) is 12.7 Å². The van der Waals surface area contributed by atoms with E-state index < -0.39 is 11.9 Å². The monoisotopic (exact) mass is 296 g/mol. The number of carbonyl (C=O) groups excluding carboxylic acids is 2. The fourth-order valence-corrected chi connectivity index (χ4v) is 0.447. The predicted octanol–water partition coefficient (Wildman–Crippen LogP) is -1.90. The van der Waals surface area contributed by atoms with Gasteiger partial charge in [-0.3, -0.25) is 0 Å². The molecule has 0 amide bonds. The number of epoxide rings is 1. The summed E-state index contributed by atoms with van der Waals surface area (Å²) in [4.78, 5) is 17.8. The molecule has 1 heterocycles. The van der Waals surface area contributed by atoms with E-state index in [1.54, 1.807) is 6.08 Å². The third-order valence-electron chi connectivity index (χ3n) is 0.942. The molecule has 7 heteroatoms. The van der Waals surface area contributed by atoms with Crippen molar-refractivity contribution in [2.45, 2.75) is 20.0 Å². The maximum atomic E-state index is 8.89. The summed E-state index contributed by atoms with van der Waals surface area (Å²) < 4.78 is 9.96. The van der Waals surface area contributed by atoms with Gasteiger partial charge in [0.15, 0.2) is 0 Å². The van der Waals surface area contributed by atoms with Gasteiger partial charge in [0, 0.05) is 11.9 Å². The Morgan fingerprint density at radius 3 is 2.00 bits per heavy atom. The third-order valence-corrected chi connectivity index (χ3v) is 0.942. The Bertz CT molecular complexity index is 195. The number of rotatable bonds is 4. The minimum atomic E-state index is -1.08. The topological polar surface area (TPSA) is 102 Å². The molecule has 0 aliphatic carbocycles. The van der Waals surface area contributed by atoms with Crippen molar-refractivity contribution < 1.29 is 48.8 Å². The van der Waals surface area contributed by atoms with Gasteiger partial charge in [0.25, 0.3) is 0 Å². The SMILES string of the molecule is C=CCOCC1CO1.CC(=O)[O-].CC(=O)[O-].[Zn+2]. The molecule has 0 saturated carbocycles. The molecule has 1 aliphatic rings. The summed E-state index contributed by atoms with van der Waals surface area (Å²) >= 11 is 0. The fourth-order valence-electron chi connectivity index (χ4n) is 0.447. The number of hydrogen-bond donors (Lipinski definition) is 0. The third kappa shape index (κ3) is 51.0. The molecule has 1 saturated heterocycles. The van der Waals surface area contributed by atoms with Gasteiger partial charge in [-0.15, -0.1) is 6.58 Å². The predicted molar refractivity (Wildman–Crippen MR) is 52.1 cm³/mol. The average molecular weight is 298 g/mol. The van der Waals surface area contributed by atoms with Crippen molar-refractivity contribution in [1.29, 1.82) is 0 Å². The number of hydrogen-bond acceptors (Lipinski definition) is 6. The van der Waals surface area contributed by atoms with Crippen molar-refractivity contribution in [2.75, 3.05) is 19.8 Å². The molecule has 0 N–H and O–H groups in total. The number of carbonyl (C=O) groups is 2. The minimum absolute atomic E-state index is 0. The summed E-state index contributed by atoms with van der Waals surface area (Å²) in [5, 5.41) is 17.8. The van der Waals surface area contributed by atoms with Crippen LogP contribution in [-0.2, 0) is 38.5 Å². The van der Waals surface area contributed by atoms with Crippen molar-refractivity contribution >= 4 is 11.9 Å². The van der Waals surface area contributed by atoms with Gasteiger partial charge in [-0.25, -0.2) is 0 Å². The molecular weight excluding hydrogens is 281 g/mol. The maximum absolute atomic E-state index is 8.89. The van der Waals surface area contributed by atoms with E-state index in [1.165, 1.54) is 0 Å². The molecule has 1 atom stereocenters. The fraction of sp³-hybridized carbons (Fsp3) is 0.600. The molecule has 6 nitrogen and oxygen atoms in total. The molecule has 0 aromatic carbocycles. The molecule has 1 aliphatic heterocycles. The van der Waals surface area contributed by atoms with E-state index >= 15 is 0 Å². The van der Waals surface area contributed by atoms with E-state index in [9.17, 15) is 0 Å². The Labute approximate surface area is 113 Å². The molecule has 0 spiro atoms. The molecule has 0 radical (unpaired) electrons. The van der Waals surface area contributed by atoms with Crippen LogP contribution in [0.2, 0.25) is 0 Å². The number of carboxylic acid groups (broad SMARTS) is 2. The second-order valence-corrected chi connectivity index (χ2v) is 2.76. The molecule has 1 rings (SSSR count). The molecule has 94 valence electrons. The second kappa shape index (κ2) is 15.2. The Kier molecular flexibility index (Phi) is 19.3. The zero-order valence-corrected chi connectivity index (χ0v) is 13.1. The second-order valence-electron chi connectivity index (χ2n) is 2.76. The van der Waals surface area contributed by atoms with Crippen LogP contribution in [0, 0.1) is 0 Å². The number of carboxylic acids is 2. The largest absolute Gasteiger partial charge is 2.00 e. The first kappa shape index (κ1) is 21.5. The molecule has 1 fully saturated rings. The van der Waals surface area contributed by atoms with Gasteiger partial charge < -0.3 is 29.3 Å². The van der Waals surface area contributed by atoms with Crippen molar-refractivity contribution in [3.63, 3.8) is 0 Å². The smallest absolute Gasteiger partial charge is 0.550 e. The molecule has 17 heavy (non-hydrogen) atoms. The van der Waals surface area contributed by atoms with Crippen molar-refractivity contribution in [3.8, 4) is 0 Å². The Morgan fingerprint density at radius 2 is 1.76 bits per heavy atom. The van der Waals surface area contributed by atoms with Gasteiger partial charge in [0.05, 0.1) is 19.8 Å². The quantitative estimate of drug-likeness (QED) is 0.260. The van der Waals surface area contributed by atoms with E-state index in [4.69, 9.17) is 29.3 Å². The van der Waals surface area contributed by atoms with Gasteiger partial charge in [-0.05, 0) is 13.8 Å². The zero-order valence-electron chi connectivity index (χ0n) is 10.1. The van der Waals surface area contributed by atoms with Crippen LogP contribution in [0.4, 0.5) is 0 Å². The van der Waals surface area contributed by atoms with E-state index in [2.05, 4.69) is 6.58 Å². The van der Waals surface area contributed by atoms with Gasteiger partial charge in [-0.2, -0.15) is 0 Å². The van der Waals surface area contributed by atoms with Gasteiger partial charge in [-0.1, -0.05) is 6.08 Å². The first-order valence-electron chi connectivity index (χ1n) is 4.55. The molecular formula is C10H16O6Zn. The summed E-state index contributed by atoms with van der Waals surface area (Å²) in [5.74, 6) is -2.17. The minimum Gasteiger partial charge on any atom is -0.550 e. The van der Waals surface area contributed by atoms with Crippen molar-refractivity contribution in [2.24, 2.45) is 0 Å². The van der Waals surface area contributed by atoms with Crippen LogP contribution >= 0.6 is 0 Å². The normalized spacial score (nSPS) is 14.8. The van der Waals surface area contributed by atoms with Crippen molar-refractivity contribution in [1.82, 2.24) is 0 Å². The van der Waals surface area contributed by atoms with E-state index in [0.717, 1.165) is 27.1 Å². The van der Waals surface area contributed by atoms with E-state index in [-0.39, 0.29) is 19.5 Å². The summed E-state index contributed by atoms with van der Waals surface area (Å²) in [6.07, 6.45) is 2.12. The molecule has 0 aromatic rings. The van der Waals surface area contributed by atoms with Gasteiger partial charge in [0.1, 0.15) is 6.10 Å². The average Bonchev–Trinajstić information content (AvgIpc) is 2.86. The van der Waals surface area contributed by atoms with Gasteiger partial charge >= 0.3 is 19.5 Å². The number of ether oxygens (including phenoxy) is 2. The van der Waals surface area contributed by atoms with Crippen LogP contribution in [0.15, 0.2) is 12.7 Å². The maximum Gasteiger partial charge on any atom is 2.00 e. The van der Waals surface area contributed by atoms with Gasteiger partial charge in [0.2, 0.25) is 0 Å². The standard InChI is InChI=1S/C6H10O2.2C2H4O2.Zn/c1-2-3-7-4-6-5-8-6;2*1-2(3)4;/h2,6H,1,3-5H2;2*1H3,(H,3,4);/q;;;+2/p-2. The zero-order chi connectivity index (χ0) is 13.0. The van der Waals surface area contributed by atoms with Crippen LogP contribution < -0.4 is 10.2 Å². The summed E-state index contributed by atoms with van der Waals surface area (Å²) in [6, 6.07) is 0. The summed E-state index contributed by atoms with van der Waals surface area (Å²) in [5.41, 5.74) is 0. The van der Waals surface area contributed by atoms with E-state index in [0.29, 0.717) is 12.7 Å². The first-order chi connectivity index (χ1) is 7.40. The van der Waals surface area contributed by atoms with Crippen LogP contribution in [0.25, 0.3) is 0 Å². The summed E-state index contributed by atoms with van der Waals surface area (Å²) in [7, 11) is 0. The van der Waals surface area contributed by atoms with Crippen LogP contribution in [-0.4, -0.2) is 37.9 Å². The Balaban J connectivity index is -0.000000189. The number of aliphatic carboxylic acids is 2. The summed E-state index contributed by atoms with van der Waals surface area (Å²) in [6.45, 7) is 7.70. The van der Waals surface area contributed by atoms with E-state index in [1.807, 2.05) is 0 Å². The Hall–Kier alpha value is -0.777. The Morgan fingerprint density at radius 1 is 1.41 bits per heavy atom. The molecule has 1 unspecified atom stereocenters. The first-order valence-corrected chi connectivity index (χ1v) is 4.55. The molecule has 0 bridgehead atoms. The van der Waals surface area contributed by atoms with Crippen LogP contribution in [0.1, 0.15) is 13.8 Å².